The van der Waals surface area contributed by atoms with E-state index in [9.17, 15) is 21.9 Å². The van der Waals surface area contributed by atoms with Crippen molar-refractivity contribution >= 4 is 27.8 Å². The number of piperidine rings is 1. The van der Waals surface area contributed by atoms with Crippen molar-refractivity contribution in [3.8, 4) is 0 Å². The number of rotatable bonds is 4. The van der Waals surface area contributed by atoms with Crippen molar-refractivity contribution in [3.63, 3.8) is 0 Å². The average Bonchev–Trinajstić information content (AvgIpc) is 2.54. The number of carbonyl (C=O) groups is 2. The van der Waals surface area contributed by atoms with E-state index in [-0.39, 0.29) is 11.9 Å². The molecule has 3 amide bonds. The molecule has 1 aromatic carbocycles. The number of anilines is 1. The zero-order valence-corrected chi connectivity index (χ0v) is 14.1. The Morgan fingerprint density at radius 3 is 2.29 bits per heavy atom. The summed E-state index contributed by atoms with van der Waals surface area (Å²) in [5, 5.41) is 5.37. The normalized spacial score (nSPS) is 15.8. The van der Waals surface area contributed by atoms with Crippen LogP contribution < -0.4 is 10.6 Å². The first kappa shape index (κ1) is 18.2. The predicted octanol–water partition coefficient (Wildman–Crippen LogP) is 1.87. The summed E-state index contributed by atoms with van der Waals surface area (Å²) in [6, 6.07) is 4.34. The third-order valence-corrected chi connectivity index (χ3v) is 4.71. The average molecular weight is 357 g/mol. The van der Waals surface area contributed by atoms with Crippen LogP contribution in [0.3, 0.4) is 0 Å². The number of nitrogens with one attached hydrogen (secondary N) is 2. The zero-order chi connectivity index (χ0) is 17.7. The van der Waals surface area contributed by atoms with E-state index in [0.29, 0.717) is 38.0 Å². The van der Waals surface area contributed by atoms with Crippen molar-refractivity contribution in [1.29, 1.82) is 0 Å². The van der Waals surface area contributed by atoms with Gasteiger partial charge in [-0.15, -0.1) is 3.89 Å². The molecule has 9 heteroatoms. The van der Waals surface area contributed by atoms with Crippen LogP contribution in [0, 0.1) is 0 Å². The van der Waals surface area contributed by atoms with E-state index in [4.69, 9.17) is 0 Å². The minimum Gasteiger partial charge on any atom is -0.343 e. The molecule has 0 radical (unpaired) electrons. The summed E-state index contributed by atoms with van der Waals surface area (Å²) in [5.41, 5.74) is 0.360. The Labute approximate surface area is 140 Å². The van der Waals surface area contributed by atoms with E-state index in [0.717, 1.165) is 12.1 Å². The van der Waals surface area contributed by atoms with Crippen LogP contribution >= 0.6 is 0 Å². The maximum atomic E-state index is 12.8. The topological polar surface area (TPSA) is 95.6 Å². The molecule has 7 nitrogen and oxygen atoms in total. The minimum absolute atomic E-state index is 0.0311. The SMILES string of the molecule is CCC(=O)N1CCC(NC(=O)Nc2ccc(S(=O)(=O)F)cc2)CC1. The Balaban J connectivity index is 1.83. The first-order chi connectivity index (χ1) is 11.3. The molecule has 2 rings (SSSR count). The summed E-state index contributed by atoms with van der Waals surface area (Å²) >= 11 is 0. The summed E-state index contributed by atoms with van der Waals surface area (Å²) in [6.07, 6.45) is 1.83. The molecule has 0 saturated carbocycles. The van der Waals surface area contributed by atoms with Crippen LogP contribution in [0.4, 0.5) is 14.4 Å². The Morgan fingerprint density at radius 1 is 1.21 bits per heavy atom. The number of urea groups is 1. The molecule has 1 saturated heterocycles. The number of halogens is 1. The van der Waals surface area contributed by atoms with Gasteiger partial charge in [0.15, 0.2) is 0 Å². The maximum absolute atomic E-state index is 12.8. The van der Waals surface area contributed by atoms with E-state index in [1.165, 1.54) is 12.1 Å². The van der Waals surface area contributed by atoms with Gasteiger partial charge in [0.1, 0.15) is 0 Å². The van der Waals surface area contributed by atoms with Gasteiger partial charge in [-0.2, -0.15) is 8.42 Å². The predicted molar refractivity (Wildman–Crippen MR) is 86.8 cm³/mol. The number of carbonyl (C=O) groups excluding carboxylic acids is 2. The molecule has 0 atom stereocenters. The van der Waals surface area contributed by atoms with Gasteiger partial charge in [-0.25, -0.2) is 4.79 Å². The van der Waals surface area contributed by atoms with E-state index in [2.05, 4.69) is 10.6 Å². The van der Waals surface area contributed by atoms with Crippen LogP contribution in [0.15, 0.2) is 29.2 Å². The standard InChI is InChI=1S/C15H20FN3O4S/c1-2-14(20)19-9-7-12(8-10-19)18-15(21)17-11-3-5-13(6-4-11)24(16,22)23/h3-6,12H,2,7-10H2,1H3,(H2,17,18,21). The molecule has 132 valence electrons. The molecule has 24 heavy (non-hydrogen) atoms. The summed E-state index contributed by atoms with van der Waals surface area (Å²) in [4.78, 5) is 24.9. The number of hydrogen-bond donors (Lipinski definition) is 2. The maximum Gasteiger partial charge on any atom is 0.332 e. The largest absolute Gasteiger partial charge is 0.343 e. The molecule has 1 aliphatic rings. The molecule has 0 spiro atoms. The zero-order valence-electron chi connectivity index (χ0n) is 13.3. The minimum atomic E-state index is -4.75. The molecule has 1 aliphatic heterocycles. The summed E-state index contributed by atoms with van der Waals surface area (Å²) in [7, 11) is -4.75. The van der Waals surface area contributed by atoms with Crippen molar-refractivity contribution in [1.82, 2.24) is 10.2 Å². The highest BCUT2D eigenvalue weighted by Gasteiger charge is 2.23. The van der Waals surface area contributed by atoms with E-state index >= 15 is 0 Å². The summed E-state index contributed by atoms with van der Waals surface area (Å²) in [6.45, 7) is 3.04. The fraction of sp³-hybridized carbons (Fsp3) is 0.467. The number of hydrogen-bond acceptors (Lipinski definition) is 4. The van der Waals surface area contributed by atoms with Crippen molar-refractivity contribution in [2.75, 3.05) is 18.4 Å². The second-order valence-electron chi connectivity index (χ2n) is 5.57. The quantitative estimate of drug-likeness (QED) is 0.804. The summed E-state index contributed by atoms with van der Waals surface area (Å²) < 4.78 is 34.2. The Kier molecular flexibility index (Phi) is 5.76. The summed E-state index contributed by atoms with van der Waals surface area (Å²) in [5.74, 6) is 0.112. The molecule has 0 aliphatic carbocycles. The Hall–Kier alpha value is -2.16. The highest BCUT2D eigenvalue weighted by Crippen LogP contribution is 2.16. The molecule has 0 bridgehead atoms. The van der Waals surface area contributed by atoms with Gasteiger partial charge in [0.05, 0.1) is 4.90 Å². The second-order valence-corrected chi connectivity index (χ2v) is 6.92. The fourth-order valence-electron chi connectivity index (χ4n) is 2.55. The van der Waals surface area contributed by atoms with E-state index in [1.807, 2.05) is 6.92 Å². The molecule has 1 aromatic rings. The van der Waals surface area contributed by atoms with Gasteiger partial charge in [-0.05, 0) is 37.1 Å². The van der Waals surface area contributed by atoms with Crippen LogP contribution in [0.1, 0.15) is 26.2 Å². The van der Waals surface area contributed by atoms with Crippen LogP contribution in [-0.4, -0.2) is 44.4 Å². The first-order valence-electron chi connectivity index (χ1n) is 7.69. The highest BCUT2D eigenvalue weighted by atomic mass is 32.3. The van der Waals surface area contributed by atoms with Crippen molar-refractivity contribution in [3.05, 3.63) is 24.3 Å². The molecular weight excluding hydrogens is 337 g/mol. The molecule has 1 heterocycles. The monoisotopic (exact) mass is 357 g/mol. The third-order valence-electron chi connectivity index (χ3n) is 3.88. The lowest BCUT2D eigenvalue weighted by atomic mass is 10.1. The highest BCUT2D eigenvalue weighted by molar-refractivity contribution is 7.86. The van der Waals surface area contributed by atoms with Crippen LogP contribution in [0.2, 0.25) is 0 Å². The number of benzene rings is 1. The lowest BCUT2D eigenvalue weighted by molar-refractivity contribution is -0.131. The van der Waals surface area contributed by atoms with Crippen molar-refractivity contribution < 1.29 is 21.9 Å². The van der Waals surface area contributed by atoms with Crippen LogP contribution in [-0.2, 0) is 15.0 Å². The Morgan fingerprint density at radius 2 is 1.79 bits per heavy atom. The fourth-order valence-corrected chi connectivity index (χ4v) is 3.01. The molecular formula is C15H20FN3O4S. The molecule has 2 N–H and O–H groups in total. The first-order valence-corrected chi connectivity index (χ1v) is 9.08. The van der Waals surface area contributed by atoms with Gasteiger partial charge in [0.2, 0.25) is 5.91 Å². The second kappa shape index (κ2) is 7.61. The van der Waals surface area contributed by atoms with Crippen molar-refractivity contribution in [2.24, 2.45) is 0 Å². The van der Waals surface area contributed by atoms with Gasteiger partial charge in [-0.1, -0.05) is 6.92 Å². The van der Waals surface area contributed by atoms with Gasteiger partial charge in [-0.3, -0.25) is 4.79 Å². The smallest absolute Gasteiger partial charge is 0.332 e. The molecule has 0 aromatic heterocycles. The number of amides is 3. The lowest BCUT2D eigenvalue weighted by Gasteiger charge is -2.32. The van der Waals surface area contributed by atoms with E-state index in [1.54, 1.807) is 4.90 Å². The molecule has 0 unspecified atom stereocenters. The van der Waals surface area contributed by atoms with Gasteiger partial charge in [0, 0.05) is 31.2 Å². The number of nitrogens with zero attached hydrogens (tertiary/aromatic N) is 1. The lowest BCUT2D eigenvalue weighted by Crippen LogP contribution is -2.47. The third kappa shape index (κ3) is 4.92. The van der Waals surface area contributed by atoms with Crippen LogP contribution in [0.5, 0.6) is 0 Å². The van der Waals surface area contributed by atoms with Gasteiger partial charge < -0.3 is 15.5 Å². The van der Waals surface area contributed by atoms with Gasteiger partial charge >= 0.3 is 16.3 Å². The van der Waals surface area contributed by atoms with Crippen LogP contribution in [0.25, 0.3) is 0 Å². The number of likely N-dealkylation sites (tertiary alicyclic amines) is 1. The van der Waals surface area contributed by atoms with Gasteiger partial charge in [0.25, 0.3) is 0 Å². The Bertz CT molecular complexity index is 698. The van der Waals surface area contributed by atoms with Crippen molar-refractivity contribution in [2.45, 2.75) is 37.1 Å². The molecule has 1 fully saturated rings. The van der Waals surface area contributed by atoms with E-state index < -0.39 is 21.1 Å².